The van der Waals surface area contributed by atoms with Crippen LogP contribution < -0.4 is 10.6 Å². The minimum Gasteiger partial charge on any atom is -0.321 e. The molecular formula is C20H24FN7OS. The number of amides is 2. The van der Waals surface area contributed by atoms with Gasteiger partial charge in [-0.1, -0.05) is 25.2 Å². The summed E-state index contributed by atoms with van der Waals surface area (Å²) in [5.74, 6) is 0.401. The van der Waals surface area contributed by atoms with Crippen LogP contribution in [0.1, 0.15) is 25.3 Å². The fourth-order valence-corrected chi connectivity index (χ4v) is 4.20. The number of carbonyl (C=O) groups is 1. The second-order valence-electron chi connectivity index (χ2n) is 7.72. The van der Waals surface area contributed by atoms with Gasteiger partial charge in [0.05, 0.1) is 18.3 Å². The molecule has 2 atom stereocenters. The monoisotopic (exact) mass is 429 g/mol. The zero-order valence-corrected chi connectivity index (χ0v) is 17.9. The molecule has 10 heteroatoms. The van der Waals surface area contributed by atoms with Gasteiger partial charge in [0.15, 0.2) is 0 Å². The Hall–Kier alpha value is -2.72. The van der Waals surface area contributed by atoms with Crippen LogP contribution in [0.4, 0.5) is 15.0 Å². The number of nitrogens with zero attached hydrogens (tertiary/aromatic N) is 5. The number of piperidine rings is 1. The number of aryl methyl sites for hydroxylation is 1. The fraction of sp³-hybridized carbons (Fsp3) is 0.450. The van der Waals surface area contributed by atoms with E-state index in [1.54, 1.807) is 18.5 Å². The molecule has 8 nitrogen and oxygen atoms in total. The number of hydrogen-bond acceptors (Lipinski definition) is 7. The lowest BCUT2D eigenvalue weighted by molar-refractivity contribution is 0.119. The fourth-order valence-electron chi connectivity index (χ4n) is 3.52. The van der Waals surface area contributed by atoms with Crippen molar-refractivity contribution in [1.82, 2.24) is 30.4 Å². The van der Waals surface area contributed by atoms with Crippen LogP contribution in [0.2, 0.25) is 0 Å². The van der Waals surface area contributed by atoms with Gasteiger partial charge in [0.2, 0.25) is 0 Å². The maximum atomic E-state index is 14.5. The van der Waals surface area contributed by atoms with E-state index >= 15 is 0 Å². The van der Waals surface area contributed by atoms with E-state index < -0.39 is 6.17 Å². The molecule has 1 fully saturated rings. The molecule has 2 N–H and O–H groups in total. The van der Waals surface area contributed by atoms with E-state index in [1.165, 1.54) is 16.2 Å². The lowest BCUT2D eigenvalue weighted by Gasteiger charge is -2.35. The highest BCUT2D eigenvalue weighted by Gasteiger charge is 2.31. The maximum Gasteiger partial charge on any atom is 0.323 e. The van der Waals surface area contributed by atoms with Crippen LogP contribution in [-0.4, -0.2) is 62.4 Å². The Morgan fingerprint density at radius 3 is 2.80 bits per heavy atom. The van der Waals surface area contributed by atoms with Crippen LogP contribution >= 0.6 is 11.3 Å². The maximum absolute atomic E-state index is 14.5. The second kappa shape index (κ2) is 8.57. The van der Waals surface area contributed by atoms with Gasteiger partial charge >= 0.3 is 6.03 Å². The average Bonchev–Trinajstić information content (AvgIpc) is 3.15. The van der Waals surface area contributed by atoms with Crippen LogP contribution in [0.3, 0.4) is 0 Å². The quantitative estimate of drug-likeness (QED) is 0.660. The summed E-state index contributed by atoms with van der Waals surface area (Å²) in [5.41, 5.74) is 1.57. The van der Waals surface area contributed by atoms with Crippen molar-refractivity contribution in [2.45, 2.75) is 45.4 Å². The number of rotatable bonds is 4. The Kier molecular flexibility index (Phi) is 5.87. The number of urea groups is 1. The van der Waals surface area contributed by atoms with Gasteiger partial charge in [-0.05, 0) is 25.5 Å². The van der Waals surface area contributed by atoms with Crippen molar-refractivity contribution >= 4 is 34.1 Å². The first kappa shape index (κ1) is 20.5. The third-order valence-electron chi connectivity index (χ3n) is 4.95. The van der Waals surface area contributed by atoms with Gasteiger partial charge in [0, 0.05) is 35.8 Å². The Bertz CT molecular complexity index is 1060. The number of likely N-dealkylation sites (tertiary alicyclic amines) is 1. The van der Waals surface area contributed by atoms with E-state index in [1.807, 2.05) is 26.8 Å². The van der Waals surface area contributed by atoms with Crippen molar-refractivity contribution in [3.8, 4) is 10.6 Å². The zero-order valence-electron chi connectivity index (χ0n) is 17.1. The van der Waals surface area contributed by atoms with Crippen molar-refractivity contribution in [1.29, 1.82) is 0 Å². The van der Waals surface area contributed by atoms with Crippen molar-refractivity contribution in [2.24, 2.45) is 0 Å². The van der Waals surface area contributed by atoms with E-state index in [4.69, 9.17) is 0 Å². The van der Waals surface area contributed by atoms with E-state index in [9.17, 15) is 9.18 Å². The number of pyridine rings is 2. The number of nitrogens with one attached hydrogen (secondary N) is 2. The summed E-state index contributed by atoms with van der Waals surface area (Å²) in [4.78, 5) is 22.8. The second-order valence-corrected chi connectivity index (χ2v) is 8.90. The first-order valence-corrected chi connectivity index (χ1v) is 10.7. The topological polar surface area (TPSA) is 95.9 Å². The number of aromatic nitrogens is 4. The van der Waals surface area contributed by atoms with E-state index in [-0.39, 0.29) is 24.7 Å². The summed E-state index contributed by atoms with van der Waals surface area (Å²) >= 11 is 1.49. The summed E-state index contributed by atoms with van der Waals surface area (Å²) in [6.07, 6.45) is 2.82. The molecule has 30 heavy (non-hydrogen) atoms. The first-order chi connectivity index (χ1) is 14.4. The predicted octanol–water partition coefficient (Wildman–Crippen LogP) is 3.40. The van der Waals surface area contributed by atoms with Gasteiger partial charge in [-0.3, -0.25) is 10.3 Å². The van der Waals surface area contributed by atoms with Crippen LogP contribution in [0.5, 0.6) is 0 Å². The van der Waals surface area contributed by atoms with Crippen molar-refractivity contribution in [3.63, 3.8) is 0 Å². The SMILES string of the molecule is Cc1nnc(-c2cnc3cnc(NC(=O)N4CC[C@@H](NC(C)C)[C@H](F)C4)cc3c2)s1. The molecular weight excluding hydrogens is 405 g/mol. The molecule has 4 heterocycles. The van der Waals surface area contributed by atoms with E-state index in [0.29, 0.717) is 24.3 Å². The Labute approximate surface area is 177 Å². The summed E-state index contributed by atoms with van der Waals surface area (Å²) in [6.45, 7) is 6.43. The summed E-state index contributed by atoms with van der Waals surface area (Å²) < 4.78 is 14.5. The van der Waals surface area contributed by atoms with Gasteiger partial charge in [-0.25, -0.2) is 14.2 Å². The number of fused-ring (bicyclic) bond motifs is 1. The number of alkyl halides is 1. The molecule has 4 rings (SSSR count). The number of carbonyl (C=O) groups excluding carboxylic acids is 1. The average molecular weight is 430 g/mol. The third kappa shape index (κ3) is 4.54. The first-order valence-electron chi connectivity index (χ1n) is 9.91. The molecule has 158 valence electrons. The van der Waals surface area contributed by atoms with E-state index in [0.717, 1.165) is 21.0 Å². The van der Waals surface area contributed by atoms with Crippen molar-refractivity contribution in [2.75, 3.05) is 18.4 Å². The summed E-state index contributed by atoms with van der Waals surface area (Å²) in [7, 11) is 0. The molecule has 0 aromatic carbocycles. The highest BCUT2D eigenvalue weighted by atomic mass is 32.1. The molecule has 0 radical (unpaired) electrons. The van der Waals surface area contributed by atoms with Gasteiger partial charge in [-0.2, -0.15) is 0 Å². The highest BCUT2D eigenvalue weighted by molar-refractivity contribution is 7.14. The predicted molar refractivity (Wildman–Crippen MR) is 115 cm³/mol. The molecule has 1 aliphatic rings. The number of anilines is 1. The Morgan fingerprint density at radius 1 is 1.27 bits per heavy atom. The molecule has 2 amide bonds. The molecule has 0 spiro atoms. The minimum absolute atomic E-state index is 0.0614. The van der Waals surface area contributed by atoms with Gasteiger partial charge in [0.1, 0.15) is 22.0 Å². The number of hydrogen-bond donors (Lipinski definition) is 2. The van der Waals surface area contributed by atoms with Gasteiger partial charge < -0.3 is 10.2 Å². The standard InChI is InChI=1S/C20H24FN7OS/c1-11(2)24-16-4-5-28(10-15(16)21)20(29)25-18-7-13-6-14(8-22-17(13)9-23-18)19-27-26-12(3)30-19/h6-9,11,15-16,24H,4-5,10H2,1-3H3,(H,23,25,29)/t15-,16-/m1/s1. The largest absolute Gasteiger partial charge is 0.323 e. The molecule has 1 saturated heterocycles. The molecule has 3 aromatic rings. The van der Waals surface area contributed by atoms with Crippen molar-refractivity contribution in [3.05, 3.63) is 29.5 Å². The van der Waals surface area contributed by atoms with Crippen LogP contribution in [-0.2, 0) is 0 Å². The third-order valence-corrected chi connectivity index (χ3v) is 5.84. The normalized spacial score (nSPS) is 19.4. The molecule has 3 aromatic heterocycles. The van der Waals surface area contributed by atoms with Gasteiger partial charge in [0.25, 0.3) is 0 Å². The molecule has 0 unspecified atom stereocenters. The lowest BCUT2D eigenvalue weighted by Crippen LogP contribution is -2.54. The smallest absolute Gasteiger partial charge is 0.321 e. The van der Waals surface area contributed by atoms with Crippen LogP contribution in [0, 0.1) is 6.92 Å². The van der Waals surface area contributed by atoms with Crippen LogP contribution in [0.15, 0.2) is 24.5 Å². The van der Waals surface area contributed by atoms with Crippen LogP contribution in [0.25, 0.3) is 21.5 Å². The Balaban J connectivity index is 1.46. The highest BCUT2D eigenvalue weighted by Crippen LogP contribution is 2.26. The molecule has 1 aliphatic heterocycles. The number of halogens is 1. The van der Waals surface area contributed by atoms with Crippen molar-refractivity contribution < 1.29 is 9.18 Å². The molecule has 0 saturated carbocycles. The molecule has 0 aliphatic carbocycles. The zero-order chi connectivity index (χ0) is 21.3. The summed E-state index contributed by atoms with van der Waals surface area (Å²) in [5, 5.41) is 16.7. The van der Waals surface area contributed by atoms with E-state index in [2.05, 4.69) is 30.8 Å². The minimum atomic E-state index is -1.10. The Morgan fingerprint density at radius 2 is 2.10 bits per heavy atom. The lowest BCUT2D eigenvalue weighted by atomic mass is 10.0. The molecule has 0 bridgehead atoms. The van der Waals surface area contributed by atoms with Gasteiger partial charge in [-0.15, -0.1) is 10.2 Å². The summed E-state index contributed by atoms with van der Waals surface area (Å²) in [6, 6.07) is 3.34.